The molecule has 0 spiro atoms. The summed E-state index contributed by atoms with van der Waals surface area (Å²) >= 11 is 15.7. The lowest BCUT2D eigenvalue weighted by Gasteiger charge is -2.12. The third kappa shape index (κ3) is 5.20. The van der Waals surface area contributed by atoms with Crippen molar-refractivity contribution in [1.82, 2.24) is 14.9 Å². The fourth-order valence-corrected chi connectivity index (χ4v) is 2.87. The van der Waals surface area contributed by atoms with Crippen LogP contribution < -0.4 is 9.47 Å². The number of halogens is 3. The van der Waals surface area contributed by atoms with E-state index in [0.717, 1.165) is 10.2 Å². The molecule has 0 saturated carbocycles. The first-order chi connectivity index (χ1) is 12.6. The molecule has 134 valence electrons. The lowest BCUT2D eigenvalue weighted by atomic mass is 10.2. The number of benzene rings is 2. The molecule has 3 rings (SSSR count). The summed E-state index contributed by atoms with van der Waals surface area (Å²) in [6, 6.07) is 10.9. The Morgan fingerprint density at radius 1 is 1.04 bits per heavy atom. The summed E-state index contributed by atoms with van der Waals surface area (Å²) in [6.07, 6.45) is 4.51. The summed E-state index contributed by atoms with van der Waals surface area (Å²) in [7, 11) is 0. The molecule has 0 unspecified atom stereocenters. The maximum atomic E-state index is 6.26. The first-order valence-electron chi connectivity index (χ1n) is 7.51. The van der Waals surface area contributed by atoms with E-state index in [9.17, 15) is 0 Å². The van der Waals surface area contributed by atoms with Crippen molar-refractivity contribution >= 4 is 45.3 Å². The standard InChI is InChI=1S/C17H13BrCl2N4O2/c18-13-1-3-15(4-2-13)25-5-6-26-17-12(7-14(19)8-16(17)20)9-23-24-10-21-22-11-24/h1-4,7-11H,5-6H2/b23-9+. The van der Waals surface area contributed by atoms with Crippen LogP contribution in [0.15, 0.2) is 58.6 Å². The highest BCUT2D eigenvalue weighted by molar-refractivity contribution is 9.10. The zero-order valence-electron chi connectivity index (χ0n) is 13.3. The van der Waals surface area contributed by atoms with Crippen molar-refractivity contribution < 1.29 is 9.47 Å². The fraction of sp³-hybridized carbons (Fsp3) is 0.118. The molecule has 0 bridgehead atoms. The second-order valence-electron chi connectivity index (χ2n) is 5.04. The van der Waals surface area contributed by atoms with Gasteiger partial charge in [-0.1, -0.05) is 39.1 Å². The van der Waals surface area contributed by atoms with Gasteiger partial charge < -0.3 is 9.47 Å². The van der Waals surface area contributed by atoms with E-state index in [1.807, 2.05) is 24.3 Å². The minimum Gasteiger partial charge on any atom is -0.490 e. The van der Waals surface area contributed by atoms with Crippen LogP contribution in [0.1, 0.15) is 5.56 Å². The minimum absolute atomic E-state index is 0.310. The Bertz CT molecular complexity index is 887. The third-order valence-electron chi connectivity index (χ3n) is 3.19. The molecule has 3 aromatic rings. The number of aromatic nitrogens is 3. The van der Waals surface area contributed by atoms with E-state index in [4.69, 9.17) is 32.7 Å². The molecule has 0 fully saturated rings. The Kier molecular flexibility index (Phi) is 6.49. The van der Waals surface area contributed by atoms with Gasteiger partial charge in [-0.15, -0.1) is 10.2 Å². The van der Waals surface area contributed by atoms with Gasteiger partial charge in [-0.2, -0.15) is 5.10 Å². The van der Waals surface area contributed by atoms with Crippen molar-refractivity contribution in [1.29, 1.82) is 0 Å². The number of rotatable bonds is 7. The van der Waals surface area contributed by atoms with Crippen LogP contribution in [0.2, 0.25) is 10.0 Å². The molecular weight excluding hydrogens is 443 g/mol. The minimum atomic E-state index is 0.310. The van der Waals surface area contributed by atoms with E-state index >= 15 is 0 Å². The molecule has 0 atom stereocenters. The van der Waals surface area contributed by atoms with Gasteiger partial charge in [-0.25, -0.2) is 4.68 Å². The molecule has 0 aliphatic carbocycles. The van der Waals surface area contributed by atoms with Gasteiger partial charge in [0.25, 0.3) is 0 Å². The van der Waals surface area contributed by atoms with E-state index in [1.165, 1.54) is 17.3 Å². The maximum absolute atomic E-state index is 6.26. The summed E-state index contributed by atoms with van der Waals surface area (Å²) in [5.74, 6) is 1.24. The zero-order chi connectivity index (χ0) is 18.4. The van der Waals surface area contributed by atoms with Gasteiger partial charge in [0.15, 0.2) is 0 Å². The van der Waals surface area contributed by atoms with Gasteiger partial charge in [-0.05, 0) is 36.4 Å². The molecule has 0 saturated heterocycles. The molecule has 6 nitrogen and oxygen atoms in total. The van der Waals surface area contributed by atoms with Crippen LogP contribution in [-0.4, -0.2) is 34.3 Å². The third-order valence-corrected chi connectivity index (χ3v) is 4.21. The molecule has 1 heterocycles. The van der Waals surface area contributed by atoms with Crippen LogP contribution in [0.4, 0.5) is 0 Å². The predicted molar refractivity (Wildman–Crippen MR) is 105 cm³/mol. The monoisotopic (exact) mass is 454 g/mol. The van der Waals surface area contributed by atoms with Crippen molar-refractivity contribution in [3.05, 3.63) is 69.1 Å². The Labute approximate surface area is 168 Å². The number of nitrogens with zero attached hydrogens (tertiary/aromatic N) is 4. The fourth-order valence-electron chi connectivity index (χ4n) is 2.05. The quantitative estimate of drug-likeness (QED) is 0.383. The van der Waals surface area contributed by atoms with E-state index < -0.39 is 0 Å². The van der Waals surface area contributed by atoms with Gasteiger partial charge in [0.2, 0.25) is 0 Å². The van der Waals surface area contributed by atoms with E-state index in [-0.39, 0.29) is 0 Å². The van der Waals surface area contributed by atoms with E-state index in [1.54, 1.807) is 18.3 Å². The predicted octanol–water partition coefficient (Wildman–Crippen LogP) is 4.69. The van der Waals surface area contributed by atoms with Crippen LogP contribution in [-0.2, 0) is 0 Å². The Morgan fingerprint density at radius 2 is 1.73 bits per heavy atom. The molecule has 26 heavy (non-hydrogen) atoms. The van der Waals surface area contributed by atoms with Crippen molar-refractivity contribution in [3.8, 4) is 11.5 Å². The van der Waals surface area contributed by atoms with Gasteiger partial charge in [-0.3, -0.25) is 0 Å². The van der Waals surface area contributed by atoms with Gasteiger partial charge in [0.1, 0.15) is 37.4 Å². The van der Waals surface area contributed by atoms with Crippen molar-refractivity contribution in [2.75, 3.05) is 13.2 Å². The van der Waals surface area contributed by atoms with Gasteiger partial charge >= 0.3 is 0 Å². The van der Waals surface area contributed by atoms with E-state index in [2.05, 4.69) is 31.2 Å². The molecule has 0 aliphatic rings. The number of ether oxygens (including phenoxy) is 2. The number of hydrogen-bond donors (Lipinski definition) is 0. The van der Waals surface area contributed by atoms with Crippen LogP contribution in [0.5, 0.6) is 11.5 Å². The van der Waals surface area contributed by atoms with Crippen LogP contribution in [0.25, 0.3) is 0 Å². The highest BCUT2D eigenvalue weighted by Gasteiger charge is 2.10. The summed E-state index contributed by atoms with van der Waals surface area (Å²) < 4.78 is 13.9. The highest BCUT2D eigenvalue weighted by atomic mass is 79.9. The average Bonchev–Trinajstić information content (AvgIpc) is 3.13. The summed E-state index contributed by atoms with van der Waals surface area (Å²) in [5.41, 5.74) is 0.639. The van der Waals surface area contributed by atoms with Crippen LogP contribution in [0.3, 0.4) is 0 Å². The Hall–Kier alpha value is -2.09. The van der Waals surface area contributed by atoms with Crippen molar-refractivity contribution in [2.45, 2.75) is 0 Å². The van der Waals surface area contributed by atoms with Gasteiger partial charge in [0, 0.05) is 15.1 Å². The second-order valence-corrected chi connectivity index (χ2v) is 6.80. The van der Waals surface area contributed by atoms with Crippen molar-refractivity contribution in [2.24, 2.45) is 5.10 Å². The first-order valence-corrected chi connectivity index (χ1v) is 9.06. The zero-order valence-corrected chi connectivity index (χ0v) is 16.4. The van der Waals surface area contributed by atoms with Crippen LogP contribution in [0, 0.1) is 0 Å². The molecule has 1 aromatic heterocycles. The SMILES string of the molecule is Clc1cc(Cl)c(OCCOc2ccc(Br)cc2)c(/C=N/n2cnnc2)c1. The Morgan fingerprint density at radius 3 is 2.46 bits per heavy atom. The average molecular weight is 456 g/mol. The first kappa shape index (κ1) is 18.7. The summed E-state index contributed by atoms with van der Waals surface area (Å²) in [6.45, 7) is 0.674. The molecule has 0 N–H and O–H groups in total. The topological polar surface area (TPSA) is 61.5 Å². The van der Waals surface area contributed by atoms with E-state index in [0.29, 0.717) is 34.6 Å². The maximum Gasteiger partial charge on any atom is 0.147 e. The van der Waals surface area contributed by atoms with Gasteiger partial charge in [0.05, 0.1) is 11.2 Å². The molecule has 0 amide bonds. The molecule has 2 aromatic carbocycles. The van der Waals surface area contributed by atoms with Crippen LogP contribution >= 0.6 is 39.1 Å². The molecule has 0 aliphatic heterocycles. The summed E-state index contributed by atoms with van der Waals surface area (Å²) in [5, 5.41) is 12.4. The highest BCUT2D eigenvalue weighted by Crippen LogP contribution is 2.31. The lowest BCUT2D eigenvalue weighted by Crippen LogP contribution is -2.10. The summed E-state index contributed by atoms with van der Waals surface area (Å²) in [4.78, 5) is 0. The normalized spacial score (nSPS) is 11.0. The largest absolute Gasteiger partial charge is 0.490 e. The lowest BCUT2D eigenvalue weighted by molar-refractivity contribution is 0.217. The smallest absolute Gasteiger partial charge is 0.147 e. The number of hydrogen-bond acceptors (Lipinski definition) is 5. The second kappa shape index (κ2) is 9.02. The molecule has 9 heteroatoms. The molecular formula is C17H13BrCl2N4O2. The van der Waals surface area contributed by atoms with Crippen molar-refractivity contribution in [3.63, 3.8) is 0 Å². The Balaban J connectivity index is 1.65. The molecule has 0 radical (unpaired) electrons.